The number of carbonyl (C=O) groups excluding carboxylic acids is 1. The van der Waals surface area contributed by atoms with Crippen molar-refractivity contribution >= 4 is 29.1 Å². The van der Waals surface area contributed by atoms with Crippen LogP contribution in [0.3, 0.4) is 0 Å². The van der Waals surface area contributed by atoms with E-state index < -0.39 is 6.10 Å². The smallest absolute Gasteiger partial charge is 0.260 e. The number of hydrogen-bond acceptors (Lipinski definition) is 3. The highest BCUT2D eigenvalue weighted by atomic mass is 35.5. The Morgan fingerprint density at radius 3 is 2.88 bits per heavy atom. The van der Waals surface area contributed by atoms with Crippen LogP contribution in [0, 0.1) is 0 Å². The van der Waals surface area contributed by atoms with Crippen molar-refractivity contribution in [3.63, 3.8) is 0 Å². The molecule has 1 unspecified atom stereocenters. The van der Waals surface area contributed by atoms with E-state index in [2.05, 4.69) is 5.32 Å². The predicted molar refractivity (Wildman–Crippen MR) is 66.6 cm³/mol. The van der Waals surface area contributed by atoms with Gasteiger partial charge in [-0.1, -0.05) is 29.3 Å². The average molecular weight is 278 g/mol. The Balaban J connectivity index is 2.64. The van der Waals surface area contributed by atoms with Gasteiger partial charge in [-0.3, -0.25) is 4.79 Å². The zero-order valence-electron chi connectivity index (χ0n) is 9.24. The quantitative estimate of drug-likeness (QED) is 0.864. The molecule has 0 saturated heterocycles. The van der Waals surface area contributed by atoms with E-state index >= 15 is 0 Å². The molecule has 2 N–H and O–H groups in total. The summed E-state index contributed by atoms with van der Waals surface area (Å²) in [6.07, 6.45) is -0.711. The zero-order chi connectivity index (χ0) is 12.8. The molecule has 0 aliphatic carbocycles. The predicted octanol–water partition coefficient (Wildman–Crippen LogP) is 1.87. The monoisotopic (exact) mass is 277 g/mol. The van der Waals surface area contributed by atoms with Gasteiger partial charge in [0.1, 0.15) is 10.8 Å². The average Bonchev–Trinajstić information content (AvgIpc) is 2.31. The largest absolute Gasteiger partial charge is 0.479 e. The lowest BCUT2D eigenvalue weighted by molar-refractivity contribution is -0.127. The molecule has 0 aliphatic rings. The van der Waals surface area contributed by atoms with E-state index in [9.17, 15) is 4.79 Å². The molecule has 17 heavy (non-hydrogen) atoms. The fraction of sp³-hybridized carbons (Fsp3) is 0.364. The van der Waals surface area contributed by atoms with Gasteiger partial charge in [-0.15, -0.1) is 0 Å². The highest BCUT2D eigenvalue weighted by Crippen LogP contribution is 2.31. The molecule has 1 aromatic rings. The number of amides is 1. The second-order valence-corrected chi connectivity index (χ2v) is 4.11. The summed E-state index contributed by atoms with van der Waals surface area (Å²) >= 11 is 11.7. The van der Waals surface area contributed by atoms with E-state index in [4.69, 9.17) is 33.0 Å². The number of benzene rings is 1. The lowest BCUT2D eigenvalue weighted by Crippen LogP contribution is -2.37. The molecule has 0 heterocycles. The minimum Gasteiger partial charge on any atom is -0.479 e. The molecule has 0 aliphatic heterocycles. The van der Waals surface area contributed by atoms with Crippen LogP contribution in [0.5, 0.6) is 5.75 Å². The fourth-order valence-electron chi connectivity index (χ4n) is 1.14. The van der Waals surface area contributed by atoms with Gasteiger partial charge in [-0.05, 0) is 19.1 Å². The van der Waals surface area contributed by atoms with Crippen LogP contribution in [-0.2, 0) is 4.79 Å². The van der Waals surface area contributed by atoms with Gasteiger partial charge in [-0.2, -0.15) is 0 Å². The first-order chi connectivity index (χ1) is 8.06. The van der Waals surface area contributed by atoms with Gasteiger partial charge < -0.3 is 15.2 Å². The minimum atomic E-state index is -0.711. The first kappa shape index (κ1) is 14.1. The lowest BCUT2D eigenvalue weighted by Gasteiger charge is -2.15. The number of ether oxygens (including phenoxy) is 1. The number of rotatable bonds is 5. The van der Waals surface area contributed by atoms with Gasteiger partial charge in [-0.25, -0.2) is 0 Å². The summed E-state index contributed by atoms with van der Waals surface area (Å²) in [5, 5.41) is 11.7. The number of aliphatic hydroxyl groups is 1. The zero-order valence-corrected chi connectivity index (χ0v) is 10.8. The van der Waals surface area contributed by atoms with Crippen molar-refractivity contribution in [2.45, 2.75) is 13.0 Å². The van der Waals surface area contributed by atoms with Crippen molar-refractivity contribution in [2.75, 3.05) is 13.2 Å². The Morgan fingerprint density at radius 1 is 1.53 bits per heavy atom. The topological polar surface area (TPSA) is 58.6 Å². The van der Waals surface area contributed by atoms with E-state index in [0.29, 0.717) is 10.8 Å². The van der Waals surface area contributed by atoms with Crippen molar-refractivity contribution < 1.29 is 14.6 Å². The van der Waals surface area contributed by atoms with Crippen LogP contribution >= 0.6 is 23.2 Å². The van der Waals surface area contributed by atoms with Crippen molar-refractivity contribution in [3.8, 4) is 5.75 Å². The van der Waals surface area contributed by atoms with Crippen molar-refractivity contribution in [1.82, 2.24) is 5.32 Å². The Kier molecular flexibility index (Phi) is 5.55. The van der Waals surface area contributed by atoms with Crippen molar-refractivity contribution in [1.29, 1.82) is 0 Å². The Morgan fingerprint density at radius 2 is 2.24 bits per heavy atom. The van der Waals surface area contributed by atoms with Gasteiger partial charge in [0.05, 0.1) is 11.6 Å². The van der Waals surface area contributed by atoms with Crippen LogP contribution in [0.25, 0.3) is 0 Å². The molecule has 1 amide bonds. The van der Waals surface area contributed by atoms with E-state index in [-0.39, 0.29) is 24.1 Å². The molecule has 0 spiro atoms. The molecule has 6 heteroatoms. The van der Waals surface area contributed by atoms with E-state index in [1.807, 2.05) is 0 Å². The van der Waals surface area contributed by atoms with Gasteiger partial charge >= 0.3 is 0 Å². The standard InChI is InChI=1S/C11H13Cl2NO3/c1-7(11(16)14-5-6-15)17-9-4-2-3-8(12)10(9)13/h2-4,7,15H,5-6H2,1H3,(H,14,16). The number of nitrogens with one attached hydrogen (secondary N) is 1. The summed E-state index contributed by atoms with van der Waals surface area (Å²) < 4.78 is 5.37. The molecule has 94 valence electrons. The molecule has 4 nitrogen and oxygen atoms in total. The summed E-state index contributed by atoms with van der Waals surface area (Å²) in [5.41, 5.74) is 0. The highest BCUT2D eigenvalue weighted by molar-refractivity contribution is 6.42. The first-order valence-corrected chi connectivity index (χ1v) is 5.81. The number of hydrogen-bond donors (Lipinski definition) is 2. The maximum absolute atomic E-state index is 11.5. The fourth-order valence-corrected chi connectivity index (χ4v) is 1.48. The van der Waals surface area contributed by atoms with Crippen molar-refractivity contribution in [3.05, 3.63) is 28.2 Å². The molecule has 0 bridgehead atoms. The normalized spacial score (nSPS) is 12.0. The molecule has 0 radical (unpaired) electrons. The molecule has 0 aromatic heterocycles. The van der Waals surface area contributed by atoms with Crippen molar-refractivity contribution in [2.24, 2.45) is 0 Å². The third-order valence-electron chi connectivity index (χ3n) is 2.00. The molecule has 0 saturated carbocycles. The summed E-state index contributed by atoms with van der Waals surface area (Å²) in [6, 6.07) is 4.94. The van der Waals surface area contributed by atoms with E-state index in [1.54, 1.807) is 25.1 Å². The van der Waals surface area contributed by atoms with Crippen LogP contribution < -0.4 is 10.1 Å². The molecule has 0 fully saturated rings. The van der Waals surface area contributed by atoms with Crippen LogP contribution in [0.4, 0.5) is 0 Å². The van der Waals surface area contributed by atoms with Gasteiger partial charge in [0, 0.05) is 6.54 Å². The first-order valence-electron chi connectivity index (χ1n) is 5.05. The third kappa shape index (κ3) is 4.07. The van der Waals surface area contributed by atoms with Crippen LogP contribution in [-0.4, -0.2) is 30.3 Å². The highest BCUT2D eigenvalue weighted by Gasteiger charge is 2.16. The third-order valence-corrected chi connectivity index (χ3v) is 2.80. The Labute approximate surface area is 109 Å². The summed E-state index contributed by atoms with van der Waals surface area (Å²) in [7, 11) is 0. The maximum atomic E-state index is 11.5. The summed E-state index contributed by atoms with van der Waals surface area (Å²) in [5.74, 6) is 0.0286. The number of carbonyl (C=O) groups is 1. The van der Waals surface area contributed by atoms with E-state index in [1.165, 1.54) is 0 Å². The molecular weight excluding hydrogens is 265 g/mol. The second kappa shape index (κ2) is 6.69. The summed E-state index contributed by atoms with van der Waals surface area (Å²) in [6.45, 7) is 1.66. The Hall–Kier alpha value is -0.970. The maximum Gasteiger partial charge on any atom is 0.260 e. The van der Waals surface area contributed by atoms with E-state index in [0.717, 1.165) is 0 Å². The molecule has 1 aromatic carbocycles. The van der Waals surface area contributed by atoms with Gasteiger partial charge in [0.2, 0.25) is 0 Å². The lowest BCUT2D eigenvalue weighted by atomic mass is 10.3. The Bertz CT molecular complexity index is 398. The van der Waals surface area contributed by atoms with Gasteiger partial charge in [0.25, 0.3) is 5.91 Å². The van der Waals surface area contributed by atoms with Crippen LogP contribution in [0.2, 0.25) is 10.0 Å². The molecule has 1 atom stereocenters. The minimum absolute atomic E-state index is 0.115. The second-order valence-electron chi connectivity index (χ2n) is 3.33. The molecule has 1 rings (SSSR count). The van der Waals surface area contributed by atoms with Gasteiger partial charge in [0.15, 0.2) is 6.10 Å². The van der Waals surface area contributed by atoms with Crippen LogP contribution in [0.15, 0.2) is 18.2 Å². The SMILES string of the molecule is CC(Oc1cccc(Cl)c1Cl)C(=O)NCCO. The number of aliphatic hydroxyl groups excluding tert-OH is 1. The van der Waals surface area contributed by atoms with Crippen LogP contribution in [0.1, 0.15) is 6.92 Å². The summed E-state index contributed by atoms with van der Waals surface area (Å²) in [4.78, 5) is 11.5. The molecular formula is C11H13Cl2NO3. The number of halogens is 2.